The second-order valence-electron chi connectivity index (χ2n) is 7.51. The van der Waals surface area contributed by atoms with Crippen molar-refractivity contribution in [1.82, 2.24) is 24.3 Å². The molecule has 0 radical (unpaired) electrons. The molecule has 0 amide bonds. The third kappa shape index (κ3) is 5.02. The zero-order valence-electron chi connectivity index (χ0n) is 18.7. The maximum atomic E-state index is 13.5. The quantitative estimate of drug-likeness (QED) is 0.287. The molecule has 34 heavy (non-hydrogen) atoms. The number of nitrogens with one attached hydrogen (secondary N) is 1. The molecule has 174 valence electrons. The molecule has 1 atom stereocenters. The standard InChI is InChI=1S/C25H24ClFN6O/c1-4-6-20(17-7-9-18(27)10-8-17)24-30-25(31-33(24)13-5-2)29-19-11-12-21(22(14-19)34-3)32-15-23(26)28-16-32/h4-5,7-12,14-16,20H,1-2,6,13H2,3H3,(H,29,31). The van der Waals surface area contributed by atoms with E-state index in [0.29, 0.717) is 29.8 Å². The van der Waals surface area contributed by atoms with Gasteiger partial charge in [0, 0.05) is 23.9 Å². The SMILES string of the molecule is C=CCC(c1ccc(F)cc1)c1nc(Nc2ccc(-n3cnc(Cl)c3)c(OC)c2)nn1CC=C. The summed E-state index contributed by atoms with van der Waals surface area (Å²) in [5.74, 6) is 1.36. The first-order valence-corrected chi connectivity index (χ1v) is 11.0. The van der Waals surface area contributed by atoms with Gasteiger partial charge in [0.1, 0.15) is 28.9 Å². The van der Waals surface area contributed by atoms with Crippen LogP contribution in [0.4, 0.5) is 16.0 Å². The molecule has 9 heteroatoms. The number of aromatic nitrogens is 5. The highest BCUT2D eigenvalue weighted by molar-refractivity contribution is 6.29. The number of ether oxygens (including phenoxy) is 1. The van der Waals surface area contributed by atoms with E-state index in [-0.39, 0.29) is 11.7 Å². The summed E-state index contributed by atoms with van der Waals surface area (Å²) in [5, 5.41) is 8.26. The van der Waals surface area contributed by atoms with E-state index in [0.717, 1.165) is 22.8 Å². The topological polar surface area (TPSA) is 69.8 Å². The molecule has 1 N–H and O–H groups in total. The number of anilines is 2. The minimum atomic E-state index is -0.286. The fourth-order valence-electron chi connectivity index (χ4n) is 3.70. The smallest absolute Gasteiger partial charge is 0.246 e. The first-order valence-electron chi connectivity index (χ1n) is 10.6. The van der Waals surface area contributed by atoms with Gasteiger partial charge in [-0.25, -0.2) is 14.1 Å². The second kappa shape index (κ2) is 10.4. The summed E-state index contributed by atoms with van der Waals surface area (Å²) >= 11 is 5.95. The first-order chi connectivity index (χ1) is 16.5. The fraction of sp³-hybridized carbons (Fsp3) is 0.160. The van der Waals surface area contributed by atoms with Crippen LogP contribution in [-0.4, -0.2) is 31.4 Å². The van der Waals surface area contributed by atoms with Crippen LogP contribution >= 0.6 is 11.6 Å². The number of methoxy groups -OCH3 is 1. The van der Waals surface area contributed by atoms with Gasteiger partial charge >= 0.3 is 0 Å². The number of imidazole rings is 1. The van der Waals surface area contributed by atoms with Gasteiger partial charge in [0.05, 0.1) is 19.3 Å². The maximum Gasteiger partial charge on any atom is 0.246 e. The summed E-state index contributed by atoms with van der Waals surface area (Å²) in [5.41, 5.74) is 2.47. The van der Waals surface area contributed by atoms with Crippen LogP contribution in [0, 0.1) is 5.82 Å². The van der Waals surface area contributed by atoms with E-state index >= 15 is 0 Å². The van der Waals surface area contributed by atoms with Crippen molar-refractivity contribution in [2.75, 3.05) is 12.4 Å². The molecule has 1 unspecified atom stereocenters. The van der Waals surface area contributed by atoms with Crippen LogP contribution < -0.4 is 10.1 Å². The van der Waals surface area contributed by atoms with Gasteiger partial charge in [-0.15, -0.1) is 18.3 Å². The summed E-state index contributed by atoms with van der Waals surface area (Å²) in [7, 11) is 1.60. The number of hydrogen-bond donors (Lipinski definition) is 1. The molecule has 2 heterocycles. The highest BCUT2D eigenvalue weighted by Crippen LogP contribution is 2.31. The highest BCUT2D eigenvalue weighted by atomic mass is 35.5. The lowest BCUT2D eigenvalue weighted by Gasteiger charge is -2.15. The van der Waals surface area contributed by atoms with Gasteiger partial charge < -0.3 is 14.6 Å². The van der Waals surface area contributed by atoms with Crippen LogP contribution in [0.15, 0.2) is 80.3 Å². The third-order valence-electron chi connectivity index (χ3n) is 5.25. The Balaban J connectivity index is 1.66. The fourth-order valence-corrected chi connectivity index (χ4v) is 3.85. The molecule has 4 aromatic rings. The minimum absolute atomic E-state index is 0.135. The Labute approximate surface area is 202 Å². The van der Waals surface area contributed by atoms with E-state index in [1.807, 2.05) is 24.3 Å². The molecule has 0 aliphatic carbocycles. The van der Waals surface area contributed by atoms with E-state index in [1.54, 1.807) is 47.1 Å². The zero-order valence-corrected chi connectivity index (χ0v) is 19.4. The average molecular weight is 479 g/mol. The largest absolute Gasteiger partial charge is 0.494 e. The van der Waals surface area contributed by atoms with Crippen LogP contribution in [0.25, 0.3) is 5.69 Å². The van der Waals surface area contributed by atoms with E-state index in [9.17, 15) is 4.39 Å². The van der Waals surface area contributed by atoms with Gasteiger partial charge in [-0.3, -0.25) is 0 Å². The second-order valence-corrected chi connectivity index (χ2v) is 7.90. The number of nitrogens with zero attached hydrogens (tertiary/aromatic N) is 5. The summed E-state index contributed by atoms with van der Waals surface area (Å²) in [6.45, 7) is 8.18. The highest BCUT2D eigenvalue weighted by Gasteiger charge is 2.21. The molecule has 0 bridgehead atoms. The molecular formula is C25H24ClFN6O. The maximum absolute atomic E-state index is 13.5. The lowest BCUT2D eigenvalue weighted by Crippen LogP contribution is -2.11. The van der Waals surface area contributed by atoms with Gasteiger partial charge in [-0.05, 0) is 36.2 Å². The van der Waals surface area contributed by atoms with Crippen molar-refractivity contribution in [3.8, 4) is 11.4 Å². The van der Waals surface area contributed by atoms with Crippen LogP contribution in [-0.2, 0) is 6.54 Å². The van der Waals surface area contributed by atoms with E-state index in [2.05, 4.69) is 28.6 Å². The Morgan fingerprint density at radius 1 is 1.18 bits per heavy atom. The minimum Gasteiger partial charge on any atom is -0.494 e. The molecule has 0 aliphatic heterocycles. The Hall–Kier alpha value is -3.91. The van der Waals surface area contributed by atoms with Crippen molar-refractivity contribution in [2.24, 2.45) is 0 Å². The Bertz CT molecular complexity index is 1300. The van der Waals surface area contributed by atoms with Crippen LogP contribution in [0.5, 0.6) is 5.75 Å². The van der Waals surface area contributed by atoms with Gasteiger partial charge in [0.15, 0.2) is 0 Å². The van der Waals surface area contributed by atoms with Gasteiger partial charge in [-0.1, -0.05) is 35.9 Å². The average Bonchev–Trinajstić information content (AvgIpc) is 3.44. The van der Waals surface area contributed by atoms with Gasteiger partial charge in [-0.2, -0.15) is 4.98 Å². The number of allylic oxidation sites excluding steroid dienone is 2. The summed E-state index contributed by atoms with van der Waals surface area (Å²) < 4.78 is 22.6. The molecular weight excluding hydrogens is 455 g/mol. The van der Waals surface area contributed by atoms with E-state index in [4.69, 9.17) is 21.3 Å². The van der Waals surface area contributed by atoms with Crippen LogP contribution in [0.1, 0.15) is 23.7 Å². The molecule has 7 nitrogen and oxygen atoms in total. The molecule has 2 aromatic carbocycles. The number of hydrogen-bond acceptors (Lipinski definition) is 5. The summed E-state index contributed by atoms with van der Waals surface area (Å²) in [4.78, 5) is 8.81. The normalized spacial score (nSPS) is 11.7. The molecule has 0 aliphatic rings. The van der Waals surface area contributed by atoms with Crippen molar-refractivity contribution >= 4 is 23.2 Å². The van der Waals surface area contributed by atoms with E-state index in [1.165, 1.54) is 12.1 Å². The Morgan fingerprint density at radius 2 is 1.97 bits per heavy atom. The zero-order chi connectivity index (χ0) is 24.1. The number of rotatable bonds is 10. The number of halogens is 2. The predicted octanol–water partition coefficient (Wildman–Crippen LogP) is 5.90. The van der Waals surface area contributed by atoms with Crippen LogP contribution in [0.2, 0.25) is 5.15 Å². The lowest BCUT2D eigenvalue weighted by atomic mass is 9.95. The number of benzene rings is 2. The van der Waals surface area contributed by atoms with Crippen molar-refractivity contribution in [3.63, 3.8) is 0 Å². The van der Waals surface area contributed by atoms with Gasteiger partial charge in [0.2, 0.25) is 5.95 Å². The third-order valence-corrected chi connectivity index (χ3v) is 5.45. The van der Waals surface area contributed by atoms with E-state index < -0.39 is 0 Å². The van der Waals surface area contributed by atoms with Crippen LogP contribution in [0.3, 0.4) is 0 Å². The van der Waals surface area contributed by atoms with Crippen molar-refractivity contribution in [2.45, 2.75) is 18.9 Å². The van der Waals surface area contributed by atoms with Crippen molar-refractivity contribution in [1.29, 1.82) is 0 Å². The predicted molar refractivity (Wildman–Crippen MR) is 132 cm³/mol. The molecule has 4 rings (SSSR count). The lowest BCUT2D eigenvalue weighted by molar-refractivity contribution is 0.413. The molecule has 0 spiro atoms. The Morgan fingerprint density at radius 3 is 2.62 bits per heavy atom. The molecule has 2 aromatic heterocycles. The molecule has 0 fully saturated rings. The first kappa shape index (κ1) is 23.3. The summed E-state index contributed by atoms with van der Waals surface area (Å²) in [6, 6.07) is 12.0. The van der Waals surface area contributed by atoms with Crippen molar-refractivity contribution in [3.05, 3.63) is 103 Å². The monoisotopic (exact) mass is 478 g/mol. The summed E-state index contributed by atoms with van der Waals surface area (Å²) in [6.07, 6.45) is 7.52. The molecule has 0 saturated carbocycles. The van der Waals surface area contributed by atoms with Crippen molar-refractivity contribution < 1.29 is 9.13 Å². The molecule has 0 saturated heterocycles. The Kier molecular flexibility index (Phi) is 7.08. The van der Waals surface area contributed by atoms with Gasteiger partial charge in [0.25, 0.3) is 0 Å².